The normalized spacial score (nSPS) is 30.9. The zero-order chi connectivity index (χ0) is 12.5. The summed E-state index contributed by atoms with van der Waals surface area (Å²) in [7, 11) is 1.73. The number of hydrogen-bond donors (Lipinski definition) is 1. The smallest absolute Gasteiger partial charge is 0.141 e. The van der Waals surface area contributed by atoms with Gasteiger partial charge in [0.05, 0.1) is 18.8 Å². The molecule has 3 heteroatoms. The molecule has 2 fully saturated rings. The Kier molecular flexibility index (Phi) is 3.25. The Balaban J connectivity index is 1.85. The topological polar surface area (TPSA) is 34.2 Å². The minimum absolute atomic E-state index is 0.376. The van der Waals surface area contributed by atoms with Gasteiger partial charge in [0, 0.05) is 6.20 Å². The third kappa shape index (κ3) is 1.91. The van der Waals surface area contributed by atoms with Crippen LogP contribution in [0, 0.1) is 17.8 Å². The number of ether oxygens (including phenoxy) is 1. The summed E-state index contributed by atoms with van der Waals surface area (Å²) < 4.78 is 5.47. The van der Waals surface area contributed by atoms with Crippen LogP contribution in [-0.4, -0.2) is 18.6 Å². The predicted molar refractivity (Wildman–Crippen MR) is 71.5 cm³/mol. The van der Waals surface area contributed by atoms with Crippen molar-refractivity contribution < 1.29 is 4.74 Å². The maximum absolute atomic E-state index is 5.47. The second-order valence-corrected chi connectivity index (χ2v) is 5.46. The van der Waals surface area contributed by atoms with E-state index < -0.39 is 0 Å². The summed E-state index contributed by atoms with van der Waals surface area (Å²) in [5.74, 6) is 3.57. The molecule has 3 nitrogen and oxygen atoms in total. The molecule has 0 bridgehead atoms. The quantitative estimate of drug-likeness (QED) is 0.867. The van der Waals surface area contributed by atoms with Gasteiger partial charge in [-0.2, -0.15) is 0 Å². The van der Waals surface area contributed by atoms with Crippen molar-refractivity contribution in [1.29, 1.82) is 0 Å². The van der Waals surface area contributed by atoms with Gasteiger partial charge in [-0.15, -0.1) is 0 Å². The molecule has 0 radical (unpaired) electrons. The molecular formula is C15H22N2O. The zero-order valence-electron chi connectivity index (χ0n) is 11.2. The van der Waals surface area contributed by atoms with Crippen molar-refractivity contribution in [1.82, 2.24) is 10.3 Å². The predicted octanol–water partition coefficient (Wildman–Crippen LogP) is 2.79. The van der Waals surface area contributed by atoms with Crippen LogP contribution in [-0.2, 0) is 0 Å². The van der Waals surface area contributed by atoms with E-state index in [0.717, 1.165) is 35.7 Å². The maximum atomic E-state index is 5.47. The van der Waals surface area contributed by atoms with Crippen LogP contribution in [0.25, 0.3) is 0 Å². The average molecular weight is 246 g/mol. The van der Waals surface area contributed by atoms with Gasteiger partial charge >= 0.3 is 0 Å². The molecule has 0 amide bonds. The van der Waals surface area contributed by atoms with Gasteiger partial charge in [0.25, 0.3) is 0 Å². The van der Waals surface area contributed by atoms with Crippen LogP contribution >= 0.6 is 0 Å². The third-order valence-corrected chi connectivity index (χ3v) is 4.60. The average Bonchev–Trinajstić information content (AvgIpc) is 2.87. The van der Waals surface area contributed by atoms with E-state index in [-0.39, 0.29) is 0 Å². The molecule has 0 spiro atoms. The van der Waals surface area contributed by atoms with Crippen LogP contribution in [0.1, 0.15) is 37.9 Å². The van der Waals surface area contributed by atoms with Gasteiger partial charge in [-0.05, 0) is 49.3 Å². The Labute approximate surface area is 109 Å². The van der Waals surface area contributed by atoms with E-state index in [9.17, 15) is 0 Å². The largest absolute Gasteiger partial charge is 0.495 e. The Morgan fingerprint density at radius 1 is 1.44 bits per heavy atom. The van der Waals surface area contributed by atoms with Gasteiger partial charge in [0.2, 0.25) is 0 Å². The number of aromatic nitrogens is 1. The lowest BCUT2D eigenvalue weighted by Crippen LogP contribution is -2.25. The van der Waals surface area contributed by atoms with Crippen molar-refractivity contribution in [2.75, 3.05) is 13.7 Å². The van der Waals surface area contributed by atoms with Gasteiger partial charge < -0.3 is 10.1 Å². The number of fused-ring (bicyclic) bond motifs is 1. The number of nitrogens with one attached hydrogen (secondary N) is 1. The van der Waals surface area contributed by atoms with Crippen LogP contribution in [0.2, 0.25) is 0 Å². The summed E-state index contributed by atoms with van der Waals surface area (Å²) in [5.41, 5.74) is 1.10. The number of nitrogens with zero attached hydrogens (tertiary/aromatic N) is 1. The highest BCUT2D eigenvalue weighted by molar-refractivity contribution is 5.32. The number of rotatable bonds is 5. The van der Waals surface area contributed by atoms with Gasteiger partial charge in [-0.25, -0.2) is 0 Å². The number of pyridine rings is 1. The second kappa shape index (κ2) is 4.88. The third-order valence-electron chi connectivity index (χ3n) is 4.60. The minimum atomic E-state index is 0.376. The highest BCUT2D eigenvalue weighted by atomic mass is 16.5. The standard InChI is InChI=1S/C15H22N2O/c1-3-16-15(13-10-6-4-7-11(10)13)14-12(18-2)8-5-9-17-14/h5,8-11,13,15-16H,3-4,6-7H2,1-2H3. The molecule has 0 aromatic carbocycles. The van der Waals surface area contributed by atoms with E-state index in [1.54, 1.807) is 7.11 Å². The lowest BCUT2D eigenvalue weighted by Gasteiger charge is -2.21. The van der Waals surface area contributed by atoms with Crippen LogP contribution in [0.4, 0.5) is 0 Å². The summed E-state index contributed by atoms with van der Waals surface area (Å²) in [6.45, 7) is 3.15. The summed E-state index contributed by atoms with van der Waals surface area (Å²) in [6.07, 6.45) is 6.11. The van der Waals surface area contributed by atoms with Crippen molar-refractivity contribution in [3.63, 3.8) is 0 Å². The van der Waals surface area contributed by atoms with E-state index in [2.05, 4.69) is 17.2 Å². The van der Waals surface area contributed by atoms with Crippen molar-refractivity contribution in [2.24, 2.45) is 17.8 Å². The molecule has 1 N–H and O–H groups in total. The minimum Gasteiger partial charge on any atom is -0.495 e. The second-order valence-electron chi connectivity index (χ2n) is 5.46. The van der Waals surface area contributed by atoms with E-state index >= 15 is 0 Å². The molecule has 3 atom stereocenters. The molecule has 98 valence electrons. The highest BCUT2D eigenvalue weighted by Gasteiger charge is 2.56. The lowest BCUT2D eigenvalue weighted by atomic mass is 10.00. The first-order valence-corrected chi connectivity index (χ1v) is 7.09. The molecule has 1 heterocycles. The van der Waals surface area contributed by atoms with Crippen molar-refractivity contribution >= 4 is 0 Å². The molecule has 0 saturated heterocycles. The van der Waals surface area contributed by atoms with Gasteiger partial charge in [0.1, 0.15) is 5.75 Å². The maximum Gasteiger partial charge on any atom is 0.141 e. The summed E-state index contributed by atoms with van der Waals surface area (Å²) in [5, 5.41) is 3.62. The summed E-state index contributed by atoms with van der Waals surface area (Å²) >= 11 is 0. The van der Waals surface area contributed by atoms with Crippen molar-refractivity contribution in [2.45, 2.75) is 32.2 Å². The fraction of sp³-hybridized carbons (Fsp3) is 0.667. The molecule has 18 heavy (non-hydrogen) atoms. The molecule has 1 aromatic heterocycles. The molecular weight excluding hydrogens is 224 g/mol. The van der Waals surface area contributed by atoms with Crippen LogP contribution in [0.3, 0.4) is 0 Å². The summed E-state index contributed by atoms with van der Waals surface area (Å²) in [4.78, 5) is 4.57. The Hall–Kier alpha value is -1.09. The van der Waals surface area contributed by atoms with Crippen LogP contribution in [0.5, 0.6) is 5.75 Å². The van der Waals surface area contributed by atoms with E-state index in [4.69, 9.17) is 4.74 Å². The van der Waals surface area contributed by atoms with Crippen LogP contribution < -0.4 is 10.1 Å². The Morgan fingerprint density at radius 2 is 2.22 bits per heavy atom. The molecule has 1 aromatic rings. The first kappa shape index (κ1) is 12.0. The first-order valence-electron chi connectivity index (χ1n) is 7.09. The monoisotopic (exact) mass is 246 g/mol. The van der Waals surface area contributed by atoms with Gasteiger partial charge in [-0.3, -0.25) is 4.98 Å². The molecule has 0 aliphatic heterocycles. The molecule has 2 aliphatic rings. The molecule has 2 saturated carbocycles. The van der Waals surface area contributed by atoms with E-state index in [1.807, 2.05) is 18.3 Å². The Bertz CT molecular complexity index is 411. The first-order chi connectivity index (χ1) is 8.86. The zero-order valence-corrected chi connectivity index (χ0v) is 11.2. The van der Waals surface area contributed by atoms with Gasteiger partial charge in [-0.1, -0.05) is 13.3 Å². The van der Waals surface area contributed by atoms with Crippen molar-refractivity contribution in [3.8, 4) is 5.75 Å². The van der Waals surface area contributed by atoms with E-state index in [1.165, 1.54) is 19.3 Å². The van der Waals surface area contributed by atoms with E-state index in [0.29, 0.717) is 6.04 Å². The van der Waals surface area contributed by atoms with Gasteiger partial charge in [0.15, 0.2) is 0 Å². The number of hydrogen-bond acceptors (Lipinski definition) is 3. The SMILES string of the molecule is CCNC(c1ncccc1OC)C1C2CCCC21. The molecule has 3 rings (SSSR count). The fourth-order valence-corrected chi connectivity index (χ4v) is 3.82. The number of methoxy groups -OCH3 is 1. The van der Waals surface area contributed by atoms with Crippen LogP contribution in [0.15, 0.2) is 18.3 Å². The van der Waals surface area contributed by atoms with Crippen molar-refractivity contribution in [3.05, 3.63) is 24.0 Å². The highest BCUT2D eigenvalue weighted by Crippen LogP contribution is 2.62. The molecule has 2 aliphatic carbocycles. The fourth-order valence-electron chi connectivity index (χ4n) is 3.82. The summed E-state index contributed by atoms with van der Waals surface area (Å²) in [6, 6.07) is 4.34. The molecule has 3 unspecified atom stereocenters. The Morgan fingerprint density at radius 3 is 2.89 bits per heavy atom. The lowest BCUT2D eigenvalue weighted by molar-refractivity contribution is 0.370.